The third-order valence-corrected chi connectivity index (χ3v) is 7.95. The maximum Gasteiger partial charge on any atom is 0.331 e. The Kier molecular flexibility index (Phi) is 10.7. The van der Waals surface area contributed by atoms with Gasteiger partial charge in [0.15, 0.2) is 0 Å². The molecule has 1 fully saturated rings. The molecule has 224 valence electrons. The number of nitrogens with one attached hydrogen (secondary N) is 1. The molecule has 0 spiro atoms. The highest BCUT2D eigenvalue weighted by Gasteiger charge is 2.44. The minimum Gasteiger partial charge on any atom is -0.492 e. The fourth-order valence-electron chi connectivity index (χ4n) is 4.89. The summed E-state index contributed by atoms with van der Waals surface area (Å²) in [4.78, 5) is 37.5. The molecule has 2 N–H and O–H groups in total. The number of methoxy groups -OCH3 is 1. The van der Waals surface area contributed by atoms with Crippen LogP contribution >= 0.6 is 34.8 Å². The Morgan fingerprint density at radius 3 is 2.48 bits per heavy atom. The molecular weight excluding hydrogens is 603 g/mol. The van der Waals surface area contributed by atoms with E-state index in [4.69, 9.17) is 49.3 Å². The van der Waals surface area contributed by atoms with Gasteiger partial charge in [0, 0.05) is 23.9 Å². The zero-order valence-corrected chi connectivity index (χ0v) is 25.9. The van der Waals surface area contributed by atoms with E-state index in [9.17, 15) is 14.7 Å². The fraction of sp³-hybridized carbons (Fsp3) is 0.400. The van der Waals surface area contributed by atoms with Crippen molar-refractivity contribution in [3.63, 3.8) is 0 Å². The molecular formula is C30H33Cl3N4O5. The zero-order valence-electron chi connectivity index (χ0n) is 23.6. The van der Waals surface area contributed by atoms with Crippen molar-refractivity contribution < 1.29 is 24.2 Å². The van der Waals surface area contributed by atoms with Crippen LogP contribution < -0.4 is 10.1 Å². The lowest BCUT2D eigenvalue weighted by Crippen LogP contribution is -2.57. The summed E-state index contributed by atoms with van der Waals surface area (Å²) in [6.07, 6.45) is 2.94. The van der Waals surface area contributed by atoms with Crippen molar-refractivity contribution in [3.8, 4) is 28.3 Å². The van der Waals surface area contributed by atoms with E-state index in [0.717, 1.165) is 13.0 Å². The first-order valence-corrected chi connectivity index (χ1v) is 14.7. The molecule has 1 amide bonds. The standard InChI is InChI=1S/C30H33Cl3N4O5/c1-37(2)13-4-14-42-25-15-18(5-7-22(25)32)26-21(27-23(33)16-19(31)17-34-27)6-8-24(35-26)28(39)36-30(29(40)41-3)11-9-20(38)10-12-30/h5-8,15-17,20,38H,4,9-14H2,1-3H3,(H,36,39). The van der Waals surface area contributed by atoms with E-state index in [1.807, 2.05) is 14.1 Å². The van der Waals surface area contributed by atoms with Crippen LogP contribution in [0.1, 0.15) is 42.6 Å². The summed E-state index contributed by atoms with van der Waals surface area (Å²) in [6, 6.07) is 10.0. The summed E-state index contributed by atoms with van der Waals surface area (Å²) in [6.45, 7) is 1.31. The molecule has 1 saturated carbocycles. The van der Waals surface area contributed by atoms with Gasteiger partial charge >= 0.3 is 5.97 Å². The molecule has 0 saturated heterocycles. The monoisotopic (exact) mass is 634 g/mol. The molecule has 1 aromatic carbocycles. The van der Waals surface area contributed by atoms with Crippen LogP contribution in [0.4, 0.5) is 0 Å². The molecule has 9 nitrogen and oxygen atoms in total. The summed E-state index contributed by atoms with van der Waals surface area (Å²) in [5, 5.41) is 14.0. The number of aromatic nitrogens is 2. The molecule has 0 unspecified atom stereocenters. The number of ether oxygens (including phenoxy) is 2. The minimum absolute atomic E-state index is 0.0663. The van der Waals surface area contributed by atoms with Crippen molar-refractivity contribution in [1.29, 1.82) is 0 Å². The summed E-state index contributed by atoms with van der Waals surface area (Å²) in [5.41, 5.74) is 0.796. The van der Waals surface area contributed by atoms with E-state index in [2.05, 4.69) is 15.2 Å². The number of halogens is 3. The second kappa shape index (κ2) is 14.0. The van der Waals surface area contributed by atoms with Crippen LogP contribution in [0.25, 0.3) is 22.5 Å². The summed E-state index contributed by atoms with van der Waals surface area (Å²) in [5.74, 6) is -0.657. The Labute approximate surface area is 260 Å². The van der Waals surface area contributed by atoms with Gasteiger partial charge in [0.05, 0.1) is 46.3 Å². The van der Waals surface area contributed by atoms with Crippen LogP contribution in [0.15, 0.2) is 42.6 Å². The van der Waals surface area contributed by atoms with Gasteiger partial charge in [-0.05, 0) is 76.5 Å². The average molecular weight is 636 g/mol. The number of carbonyl (C=O) groups excluding carboxylic acids is 2. The first-order valence-electron chi connectivity index (χ1n) is 13.5. The number of rotatable bonds is 10. The molecule has 0 bridgehead atoms. The molecule has 2 heterocycles. The Hall–Kier alpha value is -2.95. The van der Waals surface area contributed by atoms with Crippen LogP contribution in [0.5, 0.6) is 5.75 Å². The van der Waals surface area contributed by atoms with Gasteiger partial charge in [-0.1, -0.05) is 40.9 Å². The highest BCUT2D eigenvalue weighted by atomic mass is 35.5. The van der Waals surface area contributed by atoms with Crippen molar-refractivity contribution in [2.75, 3.05) is 34.4 Å². The molecule has 2 aromatic heterocycles. The predicted octanol–water partition coefficient (Wildman–Crippen LogP) is 5.68. The Balaban J connectivity index is 1.74. The number of aliphatic hydroxyl groups is 1. The number of hydrogen-bond acceptors (Lipinski definition) is 8. The molecule has 0 atom stereocenters. The highest BCUT2D eigenvalue weighted by Crippen LogP contribution is 2.38. The fourth-order valence-corrected chi connectivity index (χ4v) is 5.54. The lowest BCUT2D eigenvalue weighted by Gasteiger charge is -2.36. The quantitative estimate of drug-likeness (QED) is 0.216. The summed E-state index contributed by atoms with van der Waals surface area (Å²) in [7, 11) is 5.25. The first kappa shape index (κ1) is 32.0. The van der Waals surface area contributed by atoms with Crippen LogP contribution in [-0.4, -0.2) is 77.9 Å². The Morgan fingerprint density at radius 2 is 1.81 bits per heavy atom. The van der Waals surface area contributed by atoms with Gasteiger partial charge in [-0.15, -0.1) is 0 Å². The maximum absolute atomic E-state index is 13.6. The topological polar surface area (TPSA) is 114 Å². The number of nitrogens with zero attached hydrogens (tertiary/aromatic N) is 3. The largest absolute Gasteiger partial charge is 0.492 e. The van der Waals surface area contributed by atoms with Crippen molar-refractivity contribution in [2.45, 2.75) is 43.7 Å². The van der Waals surface area contributed by atoms with Crippen molar-refractivity contribution >= 4 is 46.7 Å². The summed E-state index contributed by atoms with van der Waals surface area (Å²) < 4.78 is 11.0. The lowest BCUT2D eigenvalue weighted by molar-refractivity contribution is -0.150. The molecule has 42 heavy (non-hydrogen) atoms. The molecule has 0 aliphatic heterocycles. The third kappa shape index (κ3) is 7.51. The SMILES string of the molecule is COC(=O)C1(NC(=O)c2ccc(-c3ncc(Cl)cc3Cl)c(-c3ccc(Cl)c(OCCCN(C)C)c3)n2)CCC(O)CC1. The first-order chi connectivity index (χ1) is 20.0. The van der Waals surface area contributed by atoms with Crippen LogP contribution in [0, 0.1) is 0 Å². The van der Waals surface area contributed by atoms with Crippen molar-refractivity contribution in [2.24, 2.45) is 0 Å². The van der Waals surface area contributed by atoms with E-state index < -0.39 is 23.5 Å². The average Bonchev–Trinajstić information content (AvgIpc) is 2.96. The second-order valence-corrected chi connectivity index (χ2v) is 11.7. The number of hydrogen-bond donors (Lipinski definition) is 2. The zero-order chi connectivity index (χ0) is 30.4. The molecule has 3 aromatic rings. The molecule has 4 rings (SSSR count). The Morgan fingerprint density at radius 1 is 1.07 bits per heavy atom. The van der Waals surface area contributed by atoms with E-state index in [1.54, 1.807) is 30.3 Å². The second-order valence-electron chi connectivity index (χ2n) is 10.5. The third-order valence-electron chi connectivity index (χ3n) is 7.14. The predicted molar refractivity (Wildman–Crippen MR) is 163 cm³/mol. The maximum atomic E-state index is 13.6. The van der Waals surface area contributed by atoms with Crippen LogP contribution in [0.2, 0.25) is 15.1 Å². The summed E-state index contributed by atoms with van der Waals surface area (Å²) >= 11 is 19.1. The molecule has 12 heteroatoms. The molecule has 1 aliphatic carbocycles. The van der Waals surface area contributed by atoms with E-state index in [-0.39, 0.29) is 18.5 Å². The van der Waals surface area contributed by atoms with Gasteiger partial charge in [-0.3, -0.25) is 9.78 Å². The van der Waals surface area contributed by atoms with Crippen LogP contribution in [0.3, 0.4) is 0 Å². The van der Waals surface area contributed by atoms with Gasteiger partial charge in [-0.2, -0.15) is 0 Å². The van der Waals surface area contributed by atoms with E-state index in [1.165, 1.54) is 19.4 Å². The number of amides is 1. The van der Waals surface area contributed by atoms with Gasteiger partial charge in [0.2, 0.25) is 0 Å². The van der Waals surface area contributed by atoms with Crippen molar-refractivity contribution in [1.82, 2.24) is 20.2 Å². The van der Waals surface area contributed by atoms with Gasteiger partial charge in [0.25, 0.3) is 5.91 Å². The van der Waals surface area contributed by atoms with Crippen LogP contribution in [-0.2, 0) is 9.53 Å². The molecule has 1 aliphatic rings. The smallest absolute Gasteiger partial charge is 0.331 e. The van der Waals surface area contributed by atoms with Gasteiger partial charge in [0.1, 0.15) is 17.0 Å². The molecule has 0 radical (unpaired) electrons. The van der Waals surface area contributed by atoms with Gasteiger partial charge < -0.3 is 24.8 Å². The van der Waals surface area contributed by atoms with Gasteiger partial charge in [-0.25, -0.2) is 9.78 Å². The lowest BCUT2D eigenvalue weighted by atomic mass is 9.80. The van der Waals surface area contributed by atoms with Crippen molar-refractivity contribution in [3.05, 3.63) is 63.4 Å². The number of esters is 1. The van der Waals surface area contributed by atoms with E-state index >= 15 is 0 Å². The number of carbonyl (C=O) groups is 2. The normalized spacial score (nSPS) is 18.5. The number of benzene rings is 1. The number of pyridine rings is 2. The van der Waals surface area contributed by atoms with E-state index in [0.29, 0.717) is 62.8 Å². The minimum atomic E-state index is -1.26. The Bertz CT molecular complexity index is 1440. The highest BCUT2D eigenvalue weighted by molar-refractivity contribution is 6.36. The number of aliphatic hydroxyl groups excluding tert-OH is 1.